The van der Waals surface area contributed by atoms with Gasteiger partial charge in [-0.1, -0.05) is 0 Å². The van der Waals surface area contributed by atoms with Gasteiger partial charge in [0.15, 0.2) is 0 Å². The Hall–Kier alpha value is -1.62. The highest BCUT2D eigenvalue weighted by atomic mass is 16.4. The van der Waals surface area contributed by atoms with Crippen molar-refractivity contribution in [1.82, 2.24) is 9.88 Å². The fraction of sp³-hybridized carbons (Fsp3) is 0.571. The smallest absolute Gasteiger partial charge is 0.339 e. The van der Waals surface area contributed by atoms with E-state index < -0.39 is 5.97 Å². The summed E-state index contributed by atoms with van der Waals surface area (Å²) in [5.41, 5.74) is 0.211. The quantitative estimate of drug-likeness (QED) is 0.792. The van der Waals surface area contributed by atoms with Gasteiger partial charge in [-0.05, 0) is 39.8 Å². The monoisotopic (exact) mass is 265 g/mol. The number of carboxylic acid groups (broad SMARTS) is 1. The first-order chi connectivity index (χ1) is 8.93. The number of pyridine rings is 1. The lowest BCUT2D eigenvalue weighted by Gasteiger charge is -2.30. The lowest BCUT2D eigenvalue weighted by Crippen LogP contribution is -2.40. The molecule has 0 bridgehead atoms. The number of rotatable bonds is 7. The summed E-state index contributed by atoms with van der Waals surface area (Å²) >= 11 is 0. The number of carbonyl (C=O) groups is 1. The van der Waals surface area contributed by atoms with Gasteiger partial charge in [-0.3, -0.25) is 4.90 Å². The average molecular weight is 265 g/mol. The number of aromatic carboxylic acids is 1. The molecule has 19 heavy (non-hydrogen) atoms. The zero-order chi connectivity index (χ0) is 14.4. The Bertz CT molecular complexity index is 411. The van der Waals surface area contributed by atoms with Gasteiger partial charge in [-0.15, -0.1) is 0 Å². The van der Waals surface area contributed by atoms with Gasteiger partial charge in [0.05, 0.1) is 0 Å². The molecule has 0 saturated heterocycles. The van der Waals surface area contributed by atoms with Crippen molar-refractivity contribution in [3.8, 4) is 0 Å². The molecular weight excluding hydrogens is 242 g/mol. The maximum Gasteiger partial charge on any atom is 0.339 e. The third-order valence-electron chi connectivity index (χ3n) is 3.03. The van der Waals surface area contributed by atoms with Crippen molar-refractivity contribution in [2.24, 2.45) is 0 Å². The SMILES string of the molecule is CC(C)N(CCNc1ncccc1C(=O)O)C(C)C. The molecule has 1 rings (SSSR count). The van der Waals surface area contributed by atoms with Gasteiger partial charge in [0.1, 0.15) is 11.4 Å². The van der Waals surface area contributed by atoms with E-state index in [9.17, 15) is 4.79 Å². The summed E-state index contributed by atoms with van der Waals surface area (Å²) in [5, 5.41) is 12.2. The van der Waals surface area contributed by atoms with Gasteiger partial charge >= 0.3 is 5.97 Å². The summed E-state index contributed by atoms with van der Waals surface area (Å²) in [7, 11) is 0. The standard InChI is InChI=1S/C14H23N3O2/c1-10(2)17(11(3)4)9-8-16-13-12(14(18)19)6-5-7-15-13/h5-7,10-11H,8-9H2,1-4H3,(H,15,16)(H,18,19). The molecule has 0 atom stereocenters. The van der Waals surface area contributed by atoms with E-state index >= 15 is 0 Å². The van der Waals surface area contributed by atoms with Crippen molar-refractivity contribution >= 4 is 11.8 Å². The van der Waals surface area contributed by atoms with E-state index in [0.29, 0.717) is 24.4 Å². The summed E-state index contributed by atoms with van der Waals surface area (Å²) in [6.07, 6.45) is 1.59. The molecule has 0 unspecified atom stereocenters. The summed E-state index contributed by atoms with van der Waals surface area (Å²) in [5.74, 6) is -0.525. The molecule has 1 heterocycles. The van der Waals surface area contributed by atoms with Crippen LogP contribution >= 0.6 is 0 Å². The van der Waals surface area contributed by atoms with Crippen LogP contribution in [0.2, 0.25) is 0 Å². The predicted molar refractivity (Wildman–Crippen MR) is 76.7 cm³/mol. The van der Waals surface area contributed by atoms with Gasteiger partial charge < -0.3 is 10.4 Å². The van der Waals surface area contributed by atoms with Gasteiger partial charge in [0, 0.05) is 31.4 Å². The largest absolute Gasteiger partial charge is 0.478 e. The van der Waals surface area contributed by atoms with Crippen LogP contribution in [0.15, 0.2) is 18.3 Å². The highest BCUT2D eigenvalue weighted by molar-refractivity contribution is 5.92. The van der Waals surface area contributed by atoms with E-state index in [2.05, 4.69) is 42.9 Å². The molecule has 0 aromatic carbocycles. The van der Waals surface area contributed by atoms with Crippen LogP contribution in [0.5, 0.6) is 0 Å². The Morgan fingerprint density at radius 3 is 2.53 bits per heavy atom. The molecule has 0 spiro atoms. The van der Waals surface area contributed by atoms with Crippen LogP contribution in [-0.4, -0.2) is 46.1 Å². The second-order valence-electron chi connectivity index (χ2n) is 5.06. The molecule has 0 saturated carbocycles. The molecule has 0 aliphatic rings. The van der Waals surface area contributed by atoms with Crippen LogP contribution in [-0.2, 0) is 0 Å². The van der Waals surface area contributed by atoms with Crippen molar-refractivity contribution < 1.29 is 9.90 Å². The first kappa shape index (κ1) is 15.4. The van der Waals surface area contributed by atoms with Crippen molar-refractivity contribution in [2.75, 3.05) is 18.4 Å². The second kappa shape index (κ2) is 7.09. The number of carboxylic acids is 1. The Balaban J connectivity index is 2.60. The molecule has 2 N–H and O–H groups in total. The minimum atomic E-state index is -0.958. The van der Waals surface area contributed by atoms with E-state index in [0.717, 1.165) is 6.54 Å². The fourth-order valence-corrected chi connectivity index (χ4v) is 2.13. The molecule has 0 aliphatic carbocycles. The summed E-state index contributed by atoms with van der Waals surface area (Å²) < 4.78 is 0. The molecule has 1 aromatic heterocycles. The normalized spacial score (nSPS) is 11.3. The lowest BCUT2D eigenvalue weighted by atomic mass is 10.2. The van der Waals surface area contributed by atoms with Crippen molar-refractivity contribution in [1.29, 1.82) is 0 Å². The number of aromatic nitrogens is 1. The number of hydrogen-bond donors (Lipinski definition) is 2. The van der Waals surface area contributed by atoms with Crippen LogP contribution in [0.3, 0.4) is 0 Å². The van der Waals surface area contributed by atoms with E-state index in [1.54, 1.807) is 18.3 Å². The Labute approximate surface area is 114 Å². The van der Waals surface area contributed by atoms with Crippen molar-refractivity contribution in [2.45, 2.75) is 39.8 Å². The van der Waals surface area contributed by atoms with Gasteiger partial charge in [-0.2, -0.15) is 0 Å². The Morgan fingerprint density at radius 2 is 2.00 bits per heavy atom. The number of nitrogens with one attached hydrogen (secondary N) is 1. The number of nitrogens with zero attached hydrogens (tertiary/aromatic N) is 2. The minimum absolute atomic E-state index is 0.211. The molecule has 0 aliphatic heterocycles. The van der Waals surface area contributed by atoms with Crippen LogP contribution in [0.25, 0.3) is 0 Å². The molecule has 5 nitrogen and oxygen atoms in total. The van der Waals surface area contributed by atoms with Gasteiger partial charge in [-0.25, -0.2) is 9.78 Å². The third-order valence-corrected chi connectivity index (χ3v) is 3.03. The van der Waals surface area contributed by atoms with Crippen LogP contribution in [0.1, 0.15) is 38.1 Å². The van der Waals surface area contributed by atoms with E-state index in [4.69, 9.17) is 5.11 Å². The lowest BCUT2D eigenvalue weighted by molar-refractivity contribution is 0.0697. The molecule has 1 aromatic rings. The molecule has 5 heteroatoms. The summed E-state index contributed by atoms with van der Waals surface area (Å²) in [6, 6.07) is 4.11. The number of anilines is 1. The minimum Gasteiger partial charge on any atom is -0.478 e. The summed E-state index contributed by atoms with van der Waals surface area (Å²) in [6.45, 7) is 10.2. The average Bonchev–Trinajstić information content (AvgIpc) is 2.33. The van der Waals surface area contributed by atoms with E-state index in [1.807, 2.05) is 0 Å². The molecular formula is C14H23N3O2. The fourth-order valence-electron chi connectivity index (χ4n) is 2.13. The highest BCUT2D eigenvalue weighted by Gasteiger charge is 2.14. The zero-order valence-corrected chi connectivity index (χ0v) is 12.1. The summed E-state index contributed by atoms with van der Waals surface area (Å²) in [4.78, 5) is 17.5. The Morgan fingerprint density at radius 1 is 1.37 bits per heavy atom. The maximum atomic E-state index is 11.0. The van der Waals surface area contributed by atoms with Crippen molar-refractivity contribution in [3.63, 3.8) is 0 Å². The molecule has 0 fully saturated rings. The molecule has 106 valence electrons. The molecule has 0 amide bonds. The van der Waals surface area contributed by atoms with E-state index in [1.165, 1.54) is 0 Å². The predicted octanol–water partition coefficient (Wildman–Crippen LogP) is 2.31. The first-order valence-electron chi connectivity index (χ1n) is 6.61. The first-order valence-corrected chi connectivity index (χ1v) is 6.61. The van der Waals surface area contributed by atoms with Crippen molar-refractivity contribution in [3.05, 3.63) is 23.9 Å². The van der Waals surface area contributed by atoms with Gasteiger partial charge in [0.25, 0.3) is 0 Å². The second-order valence-corrected chi connectivity index (χ2v) is 5.06. The van der Waals surface area contributed by atoms with Crippen LogP contribution in [0, 0.1) is 0 Å². The Kier molecular flexibility index (Phi) is 5.76. The van der Waals surface area contributed by atoms with Crippen LogP contribution in [0.4, 0.5) is 5.82 Å². The third kappa shape index (κ3) is 4.52. The van der Waals surface area contributed by atoms with E-state index in [-0.39, 0.29) is 5.56 Å². The highest BCUT2D eigenvalue weighted by Crippen LogP contribution is 2.11. The van der Waals surface area contributed by atoms with Gasteiger partial charge in [0.2, 0.25) is 0 Å². The maximum absolute atomic E-state index is 11.0. The zero-order valence-electron chi connectivity index (χ0n) is 12.1. The number of hydrogen-bond acceptors (Lipinski definition) is 4. The van der Waals surface area contributed by atoms with Crippen LogP contribution < -0.4 is 5.32 Å². The topological polar surface area (TPSA) is 65.5 Å². The molecule has 0 radical (unpaired) electrons.